The number of hydrogen-bond acceptors (Lipinski definition) is 9. The van der Waals surface area contributed by atoms with E-state index >= 15 is 0 Å². The van der Waals surface area contributed by atoms with Gasteiger partial charge in [0.25, 0.3) is 5.91 Å². The van der Waals surface area contributed by atoms with Crippen molar-refractivity contribution >= 4 is 57.5 Å². The minimum Gasteiger partial charge on any atom is -0.490 e. The Balaban J connectivity index is 1.84. The number of carbonyl (C=O) groups excluding carboxylic acids is 4. The molecule has 2 aromatic rings. The van der Waals surface area contributed by atoms with E-state index in [-0.39, 0.29) is 53.0 Å². The minimum atomic E-state index is -0.680. The van der Waals surface area contributed by atoms with Gasteiger partial charge in [0.05, 0.1) is 26.4 Å². The van der Waals surface area contributed by atoms with Gasteiger partial charge in [0.2, 0.25) is 5.76 Å². The van der Waals surface area contributed by atoms with E-state index in [1.165, 1.54) is 25.3 Å². The Bertz CT molecular complexity index is 1260. The van der Waals surface area contributed by atoms with Crippen LogP contribution in [0.4, 0.5) is 4.79 Å². The van der Waals surface area contributed by atoms with Crippen LogP contribution in [0.3, 0.4) is 0 Å². The monoisotopic (exact) mass is 598 g/mol. The second kappa shape index (κ2) is 12.2. The number of hydrogen-bond donors (Lipinski definition) is 1. The largest absolute Gasteiger partial charge is 0.490 e. The topological polar surface area (TPSA) is 134 Å². The third-order valence-corrected chi connectivity index (χ3v) is 6.22. The van der Waals surface area contributed by atoms with E-state index in [4.69, 9.17) is 30.2 Å². The number of carbonyl (C=O) groups is 4. The van der Waals surface area contributed by atoms with E-state index in [9.17, 15) is 19.2 Å². The Labute approximate surface area is 225 Å². The highest BCUT2D eigenvalue weighted by molar-refractivity contribution is 9.10. The number of halogens is 2. The number of nitrogens with one attached hydrogen (secondary N) is 1. The fraction of sp³-hybridized carbons (Fsp3) is 0.333. The summed E-state index contributed by atoms with van der Waals surface area (Å²) in [5, 5.41) is 2.59. The van der Waals surface area contributed by atoms with Crippen LogP contribution in [0.5, 0.6) is 11.5 Å². The number of benzene rings is 1. The number of nitrogens with zero attached hydrogens (tertiary/aromatic N) is 1. The molecule has 11 nitrogen and oxygen atoms in total. The summed E-state index contributed by atoms with van der Waals surface area (Å²) < 4.78 is 26.5. The molecule has 37 heavy (non-hydrogen) atoms. The average molecular weight is 600 g/mol. The fourth-order valence-corrected chi connectivity index (χ4v) is 3.90. The maximum Gasteiger partial charge on any atom is 0.373 e. The van der Waals surface area contributed by atoms with Gasteiger partial charge in [0.15, 0.2) is 18.1 Å². The minimum absolute atomic E-state index is 0.0295. The highest BCUT2D eigenvalue weighted by Gasteiger charge is 2.35. The van der Waals surface area contributed by atoms with E-state index in [1.807, 2.05) is 0 Å². The summed E-state index contributed by atoms with van der Waals surface area (Å²) >= 11 is 9.86. The maximum absolute atomic E-state index is 12.9. The predicted molar refractivity (Wildman–Crippen MR) is 134 cm³/mol. The predicted octanol–water partition coefficient (Wildman–Crippen LogP) is 4.30. The summed E-state index contributed by atoms with van der Waals surface area (Å²) in [4.78, 5) is 49.8. The van der Waals surface area contributed by atoms with Crippen molar-refractivity contribution in [2.24, 2.45) is 0 Å². The first-order chi connectivity index (χ1) is 17.5. The van der Waals surface area contributed by atoms with Crippen LogP contribution in [0.1, 0.15) is 42.6 Å². The van der Waals surface area contributed by atoms with Gasteiger partial charge in [-0.2, -0.15) is 0 Å². The molecule has 1 aliphatic rings. The van der Waals surface area contributed by atoms with Crippen molar-refractivity contribution in [1.82, 2.24) is 10.2 Å². The molecule has 1 fully saturated rings. The summed E-state index contributed by atoms with van der Waals surface area (Å²) in [6.07, 6.45) is 1.11. The molecule has 2 heterocycles. The quantitative estimate of drug-likeness (QED) is 0.241. The molecule has 0 saturated carbocycles. The van der Waals surface area contributed by atoms with E-state index in [1.54, 1.807) is 26.8 Å². The van der Waals surface area contributed by atoms with Crippen molar-refractivity contribution < 1.29 is 42.5 Å². The van der Waals surface area contributed by atoms with Crippen LogP contribution in [0.2, 0.25) is 5.02 Å². The third kappa shape index (κ3) is 6.63. The lowest BCUT2D eigenvalue weighted by molar-refractivity contribution is -0.149. The molecule has 0 radical (unpaired) electrons. The lowest BCUT2D eigenvalue weighted by Gasteiger charge is -2.16. The first-order valence-electron chi connectivity index (χ1n) is 11.0. The van der Waals surface area contributed by atoms with Crippen molar-refractivity contribution in [3.63, 3.8) is 0 Å². The summed E-state index contributed by atoms with van der Waals surface area (Å²) in [6.45, 7) is 4.86. The Morgan fingerprint density at radius 2 is 1.97 bits per heavy atom. The average Bonchev–Trinajstić information content (AvgIpc) is 3.41. The van der Waals surface area contributed by atoms with Crippen LogP contribution in [0, 0.1) is 0 Å². The Morgan fingerprint density at radius 1 is 1.24 bits per heavy atom. The maximum atomic E-state index is 12.9. The molecule has 0 bridgehead atoms. The van der Waals surface area contributed by atoms with Crippen LogP contribution in [-0.2, 0) is 25.6 Å². The molecular weight excluding hydrogens is 576 g/mol. The first-order valence-corrected chi connectivity index (χ1v) is 12.2. The van der Waals surface area contributed by atoms with Gasteiger partial charge < -0.3 is 28.7 Å². The van der Waals surface area contributed by atoms with Gasteiger partial charge >= 0.3 is 18.0 Å². The summed E-state index contributed by atoms with van der Waals surface area (Å²) in [5.41, 5.74) is 0.375. The lowest BCUT2D eigenvalue weighted by Crippen LogP contribution is -2.30. The van der Waals surface area contributed by atoms with Crippen molar-refractivity contribution in [2.75, 3.05) is 20.3 Å². The molecule has 0 aliphatic carbocycles. The van der Waals surface area contributed by atoms with Crippen LogP contribution >= 0.6 is 27.5 Å². The molecule has 1 aliphatic heterocycles. The number of urea groups is 1. The van der Waals surface area contributed by atoms with E-state index in [0.29, 0.717) is 10.0 Å². The zero-order chi connectivity index (χ0) is 27.3. The van der Waals surface area contributed by atoms with Crippen LogP contribution < -0.4 is 14.8 Å². The van der Waals surface area contributed by atoms with Crippen LogP contribution in [-0.4, -0.2) is 55.2 Å². The molecule has 13 heteroatoms. The Morgan fingerprint density at radius 3 is 2.62 bits per heavy atom. The number of esters is 2. The van der Waals surface area contributed by atoms with Gasteiger partial charge in [-0.1, -0.05) is 11.6 Å². The zero-order valence-corrected chi connectivity index (χ0v) is 22.7. The van der Waals surface area contributed by atoms with Crippen molar-refractivity contribution in [1.29, 1.82) is 0 Å². The number of rotatable bonds is 10. The molecule has 1 aromatic heterocycles. The van der Waals surface area contributed by atoms with Gasteiger partial charge in [-0.25, -0.2) is 14.4 Å². The first kappa shape index (κ1) is 28.1. The standard InChI is InChI=1S/C24H24BrClN2O9/c1-5-34-17-9-13(19(25)20(26)21(17)35-11-18(29)36-12(2)3)8-15-22(30)28(24(32)27-15)10-14-6-7-16(37-14)23(31)33-4/h6-9,12H,5,10-11H2,1-4H3,(H,27,32)/b15-8-. The molecule has 0 atom stereocenters. The summed E-state index contributed by atoms with van der Waals surface area (Å²) in [7, 11) is 1.21. The van der Waals surface area contributed by atoms with Crippen LogP contribution in [0.15, 0.2) is 32.8 Å². The highest BCUT2D eigenvalue weighted by Crippen LogP contribution is 2.43. The number of furan rings is 1. The molecule has 0 spiro atoms. The molecule has 3 rings (SSSR count). The highest BCUT2D eigenvalue weighted by atomic mass is 79.9. The number of ether oxygens (including phenoxy) is 4. The van der Waals surface area contributed by atoms with E-state index < -0.39 is 30.5 Å². The molecule has 1 aromatic carbocycles. The Hall–Kier alpha value is -3.51. The molecule has 1 saturated heterocycles. The molecule has 0 unspecified atom stereocenters. The van der Waals surface area contributed by atoms with Gasteiger partial charge in [-0.3, -0.25) is 9.69 Å². The second-order valence-corrected chi connectivity index (χ2v) is 8.99. The molecule has 1 N–H and O–H groups in total. The SMILES string of the molecule is CCOc1cc(/C=C2\NC(=O)N(Cc3ccc(C(=O)OC)o3)C2=O)c(Br)c(Cl)c1OCC(=O)OC(C)C. The van der Waals surface area contributed by atoms with Gasteiger partial charge in [0.1, 0.15) is 16.5 Å². The van der Waals surface area contributed by atoms with Crippen molar-refractivity contribution in [3.05, 3.63) is 50.5 Å². The van der Waals surface area contributed by atoms with E-state index in [0.717, 1.165) is 4.90 Å². The van der Waals surface area contributed by atoms with Gasteiger partial charge in [-0.05, 0) is 66.5 Å². The van der Waals surface area contributed by atoms with Crippen molar-refractivity contribution in [3.8, 4) is 11.5 Å². The fourth-order valence-electron chi connectivity index (χ4n) is 3.23. The van der Waals surface area contributed by atoms with Gasteiger partial charge in [0, 0.05) is 4.47 Å². The molecule has 3 amide bonds. The number of methoxy groups -OCH3 is 1. The smallest absolute Gasteiger partial charge is 0.373 e. The van der Waals surface area contributed by atoms with Crippen molar-refractivity contribution in [2.45, 2.75) is 33.4 Å². The van der Waals surface area contributed by atoms with E-state index in [2.05, 4.69) is 26.0 Å². The number of amides is 3. The lowest BCUT2D eigenvalue weighted by atomic mass is 10.1. The molecular formula is C24H24BrClN2O9. The normalized spacial score (nSPS) is 14.2. The van der Waals surface area contributed by atoms with Crippen LogP contribution in [0.25, 0.3) is 6.08 Å². The number of imide groups is 1. The third-order valence-electron chi connectivity index (χ3n) is 4.78. The Kier molecular flexibility index (Phi) is 9.22. The summed E-state index contributed by atoms with van der Waals surface area (Å²) in [6, 6.07) is 3.72. The zero-order valence-electron chi connectivity index (χ0n) is 20.4. The molecule has 198 valence electrons. The second-order valence-electron chi connectivity index (χ2n) is 7.82. The summed E-state index contributed by atoms with van der Waals surface area (Å²) in [5.74, 6) is -1.39. The van der Waals surface area contributed by atoms with Gasteiger partial charge in [-0.15, -0.1) is 0 Å².